The average molecular weight is 291 g/mol. The standard InChI is InChI=1S/C11H12F3N3O3/c12-11(13,14)7-4-9(17(18)19)10(15-5-7)16-6-8-2-1-3-20-8/h4-5,8H,1-3,6H2,(H,15,16)/t8-/m1/s1. The molecule has 2 heterocycles. The molecule has 2 rings (SSSR count). The third-order valence-electron chi connectivity index (χ3n) is 2.91. The highest BCUT2D eigenvalue weighted by Crippen LogP contribution is 2.33. The molecule has 110 valence electrons. The summed E-state index contributed by atoms with van der Waals surface area (Å²) >= 11 is 0. The maximum absolute atomic E-state index is 12.5. The molecule has 0 aromatic carbocycles. The van der Waals surface area contributed by atoms with Crippen molar-refractivity contribution < 1.29 is 22.8 Å². The summed E-state index contributed by atoms with van der Waals surface area (Å²) in [6.07, 6.45) is -2.48. The third kappa shape index (κ3) is 3.35. The van der Waals surface area contributed by atoms with E-state index in [1.165, 1.54) is 0 Å². The van der Waals surface area contributed by atoms with Crippen LogP contribution in [0.15, 0.2) is 12.3 Å². The van der Waals surface area contributed by atoms with Crippen LogP contribution in [0.1, 0.15) is 18.4 Å². The first-order chi connectivity index (χ1) is 9.38. The van der Waals surface area contributed by atoms with Crippen molar-refractivity contribution in [1.82, 2.24) is 4.98 Å². The molecule has 0 spiro atoms. The lowest BCUT2D eigenvalue weighted by atomic mass is 10.2. The van der Waals surface area contributed by atoms with Crippen molar-refractivity contribution in [1.29, 1.82) is 0 Å². The lowest BCUT2D eigenvalue weighted by molar-refractivity contribution is -0.384. The molecule has 6 nitrogen and oxygen atoms in total. The van der Waals surface area contributed by atoms with Gasteiger partial charge in [0.25, 0.3) is 0 Å². The van der Waals surface area contributed by atoms with Crippen LogP contribution in [0, 0.1) is 10.1 Å². The molecule has 1 aliphatic heterocycles. The first-order valence-corrected chi connectivity index (χ1v) is 5.95. The Kier molecular flexibility index (Phi) is 4.07. The van der Waals surface area contributed by atoms with Crippen LogP contribution in [0.5, 0.6) is 0 Å². The summed E-state index contributed by atoms with van der Waals surface area (Å²) < 4.78 is 42.8. The molecule has 1 N–H and O–H groups in total. The van der Waals surface area contributed by atoms with Gasteiger partial charge in [0.05, 0.1) is 16.6 Å². The number of hydrogen-bond donors (Lipinski definition) is 1. The van der Waals surface area contributed by atoms with Crippen LogP contribution in [0.2, 0.25) is 0 Å². The lowest BCUT2D eigenvalue weighted by Gasteiger charge is -2.12. The first kappa shape index (κ1) is 14.5. The number of anilines is 1. The molecule has 0 aliphatic carbocycles. The van der Waals surface area contributed by atoms with Gasteiger partial charge in [0, 0.05) is 25.4 Å². The number of nitrogens with one attached hydrogen (secondary N) is 1. The van der Waals surface area contributed by atoms with Crippen LogP contribution < -0.4 is 5.32 Å². The van der Waals surface area contributed by atoms with E-state index in [0.29, 0.717) is 18.9 Å². The zero-order valence-electron chi connectivity index (χ0n) is 10.3. The fourth-order valence-electron chi connectivity index (χ4n) is 1.90. The summed E-state index contributed by atoms with van der Waals surface area (Å²) in [5.41, 5.74) is -1.84. The molecule has 9 heteroatoms. The Morgan fingerprint density at radius 3 is 2.85 bits per heavy atom. The third-order valence-corrected chi connectivity index (χ3v) is 2.91. The number of hydrogen-bond acceptors (Lipinski definition) is 5. The number of pyridine rings is 1. The summed E-state index contributed by atoms with van der Waals surface area (Å²) in [5, 5.41) is 13.5. The van der Waals surface area contributed by atoms with E-state index in [-0.39, 0.29) is 18.5 Å². The van der Waals surface area contributed by atoms with Crippen LogP contribution in [0.3, 0.4) is 0 Å². The maximum Gasteiger partial charge on any atom is 0.418 e. The summed E-state index contributed by atoms with van der Waals surface area (Å²) in [6, 6.07) is 0.477. The van der Waals surface area contributed by atoms with E-state index < -0.39 is 22.4 Å². The van der Waals surface area contributed by atoms with Crippen LogP contribution in [-0.4, -0.2) is 29.2 Å². The van der Waals surface area contributed by atoms with Crippen molar-refractivity contribution >= 4 is 11.5 Å². The molecule has 0 saturated carbocycles. The molecule has 1 aliphatic rings. The molecular weight excluding hydrogens is 279 g/mol. The molecule has 1 aromatic heterocycles. The molecule has 1 fully saturated rings. The Balaban J connectivity index is 2.17. The molecule has 1 aromatic rings. The Hall–Kier alpha value is -1.90. The monoisotopic (exact) mass is 291 g/mol. The number of alkyl halides is 3. The van der Waals surface area contributed by atoms with Crippen LogP contribution in [-0.2, 0) is 10.9 Å². The second-order valence-electron chi connectivity index (χ2n) is 4.36. The highest BCUT2D eigenvalue weighted by molar-refractivity contribution is 5.57. The molecule has 1 atom stereocenters. The Bertz CT molecular complexity index is 501. The lowest BCUT2D eigenvalue weighted by Crippen LogP contribution is -2.20. The highest BCUT2D eigenvalue weighted by atomic mass is 19.4. The first-order valence-electron chi connectivity index (χ1n) is 5.95. The van der Waals surface area contributed by atoms with Gasteiger partial charge in [0.1, 0.15) is 0 Å². The van der Waals surface area contributed by atoms with E-state index >= 15 is 0 Å². The molecule has 0 radical (unpaired) electrons. The molecule has 20 heavy (non-hydrogen) atoms. The van der Waals surface area contributed by atoms with Gasteiger partial charge in [-0.05, 0) is 12.8 Å². The second-order valence-corrected chi connectivity index (χ2v) is 4.36. The predicted octanol–water partition coefficient (Wildman–Crippen LogP) is 2.60. The molecule has 0 unspecified atom stereocenters. The van der Waals surface area contributed by atoms with E-state index in [0.717, 1.165) is 12.8 Å². The normalized spacial score (nSPS) is 19.1. The van der Waals surface area contributed by atoms with Crippen molar-refractivity contribution in [3.8, 4) is 0 Å². The minimum absolute atomic E-state index is 0.0984. The number of aromatic nitrogens is 1. The average Bonchev–Trinajstić information content (AvgIpc) is 2.88. The van der Waals surface area contributed by atoms with E-state index in [9.17, 15) is 23.3 Å². The summed E-state index contributed by atoms with van der Waals surface area (Å²) in [4.78, 5) is 13.4. The number of halogens is 3. The zero-order chi connectivity index (χ0) is 14.8. The van der Waals surface area contributed by atoms with E-state index in [1.54, 1.807) is 0 Å². The van der Waals surface area contributed by atoms with Crippen LogP contribution >= 0.6 is 0 Å². The van der Waals surface area contributed by atoms with Gasteiger partial charge in [-0.25, -0.2) is 4.98 Å². The number of nitro groups is 1. The predicted molar refractivity (Wildman–Crippen MR) is 63.4 cm³/mol. The van der Waals surface area contributed by atoms with E-state index in [2.05, 4.69) is 10.3 Å². The van der Waals surface area contributed by atoms with Crippen molar-refractivity contribution in [3.05, 3.63) is 27.9 Å². The quantitative estimate of drug-likeness (QED) is 0.681. The largest absolute Gasteiger partial charge is 0.418 e. The Morgan fingerprint density at radius 1 is 1.55 bits per heavy atom. The van der Waals surface area contributed by atoms with E-state index in [4.69, 9.17) is 4.74 Å². The molecule has 1 saturated heterocycles. The molecule has 0 amide bonds. The van der Waals surface area contributed by atoms with Gasteiger partial charge in [0.2, 0.25) is 5.82 Å². The van der Waals surface area contributed by atoms with Gasteiger partial charge in [0.15, 0.2) is 0 Å². The second kappa shape index (κ2) is 5.61. The molecular formula is C11H12F3N3O3. The van der Waals surface area contributed by atoms with Gasteiger partial charge in [-0.15, -0.1) is 0 Å². The summed E-state index contributed by atoms with van der Waals surface area (Å²) in [5.74, 6) is -0.182. The highest BCUT2D eigenvalue weighted by Gasteiger charge is 2.34. The summed E-state index contributed by atoms with van der Waals surface area (Å²) in [7, 11) is 0. The topological polar surface area (TPSA) is 77.3 Å². The van der Waals surface area contributed by atoms with E-state index in [1.807, 2.05) is 0 Å². The van der Waals surface area contributed by atoms with Gasteiger partial charge in [-0.3, -0.25) is 10.1 Å². The van der Waals surface area contributed by atoms with Crippen LogP contribution in [0.25, 0.3) is 0 Å². The van der Waals surface area contributed by atoms with Crippen molar-refractivity contribution in [2.75, 3.05) is 18.5 Å². The number of nitrogens with zero attached hydrogens (tertiary/aromatic N) is 2. The van der Waals surface area contributed by atoms with Gasteiger partial charge < -0.3 is 10.1 Å². The van der Waals surface area contributed by atoms with Gasteiger partial charge in [-0.1, -0.05) is 0 Å². The Morgan fingerprint density at radius 2 is 2.30 bits per heavy atom. The fraction of sp³-hybridized carbons (Fsp3) is 0.545. The van der Waals surface area contributed by atoms with Crippen LogP contribution in [0.4, 0.5) is 24.7 Å². The SMILES string of the molecule is O=[N+]([O-])c1cc(C(F)(F)F)cnc1NC[C@H]1CCCO1. The maximum atomic E-state index is 12.5. The van der Waals surface area contributed by atoms with Crippen molar-refractivity contribution in [2.45, 2.75) is 25.1 Å². The minimum atomic E-state index is -4.66. The fourth-order valence-corrected chi connectivity index (χ4v) is 1.90. The van der Waals surface area contributed by atoms with Crippen molar-refractivity contribution in [3.63, 3.8) is 0 Å². The van der Waals surface area contributed by atoms with Gasteiger partial charge in [-0.2, -0.15) is 13.2 Å². The smallest absolute Gasteiger partial charge is 0.376 e. The Labute approximate surface area is 112 Å². The number of rotatable bonds is 4. The summed E-state index contributed by atoms with van der Waals surface area (Å²) in [6.45, 7) is 0.897. The minimum Gasteiger partial charge on any atom is -0.376 e. The van der Waals surface area contributed by atoms with Gasteiger partial charge >= 0.3 is 11.9 Å². The number of ether oxygens (including phenoxy) is 1. The molecule has 0 bridgehead atoms. The van der Waals surface area contributed by atoms with Crippen molar-refractivity contribution in [2.24, 2.45) is 0 Å². The zero-order valence-corrected chi connectivity index (χ0v) is 10.3.